The van der Waals surface area contributed by atoms with Gasteiger partial charge in [0.1, 0.15) is 11.2 Å². The summed E-state index contributed by atoms with van der Waals surface area (Å²) < 4.78 is 0. The van der Waals surface area contributed by atoms with Crippen molar-refractivity contribution in [1.82, 2.24) is 5.32 Å². The molecule has 3 aromatic rings. The molecule has 126 valence electrons. The minimum Gasteiger partial charge on any atom is -0.353 e. The highest BCUT2D eigenvalue weighted by molar-refractivity contribution is 7.16. The third kappa shape index (κ3) is 2.44. The summed E-state index contributed by atoms with van der Waals surface area (Å²) in [6.45, 7) is 2.30. The standard InChI is InChI=1S/C21H20N2OS/c1-12-6-9-16-17(10-12)25-21-18(16)20(24)22-19(23-21)15-8-7-13-4-2-3-5-14(13)11-15/h2-5,7-8,11-12,19,23H,6,9-10H2,1H3,(H,22,24)/t12-,19+/m1/s1. The molecule has 0 saturated carbocycles. The molecule has 3 nitrogen and oxygen atoms in total. The summed E-state index contributed by atoms with van der Waals surface area (Å²) in [7, 11) is 0. The van der Waals surface area contributed by atoms with Crippen LogP contribution in [0.5, 0.6) is 0 Å². The molecule has 2 aromatic carbocycles. The van der Waals surface area contributed by atoms with Gasteiger partial charge in [0.2, 0.25) is 0 Å². The van der Waals surface area contributed by atoms with Crippen molar-refractivity contribution in [3.8, 4) is 0 Å². The van der Waals surface area contributed by atoms with Gasteiger partial charge in [-0.25, -0.2) is 0 Å². The lowest BCUT2D eigenvalue weighted by atomic mass is 9.88. The first-order valence-electron chi connectivity index (χ1n) is 8.89. The molecule has 2 atom stereocenters. The van der Waals surface area contributed by atoms with E-state index in [4.69, 9.17) is 0 Å². The van der Waals surface area contributed by atoms with Gasteiger partial charge in [-0.3, -0.25) is 4.79 Å². The maximum absolute atomic E-state index is 12.8. The zero-order chi connectivity index (χ0) is 17.0. The maximum atomic E-state index is 12.8. The van der Waals surface area contributed by atoms with Gasteiger partial charge < -0.3 is 10.6 Å². The summed E-state index contributed by atoms with van der Waals surface area (Å²) in [4.78, 5) is 14.2. The van der Waals surface area contributed by atoms with Crippen LogP contribution in [0.25, 0.3) is 10.8 Å². The Hall–Kier alpha value is -2.33. The lowest BCUT2D eigenvalue weighted by Gasteiger charge is -2.27. The molecule has 0 unspecified atom stereocenters. The minimum atomic E-state index is -0.165. The highest BCUT2D eigenvalue weighted by atomic mass is 32.1. The van der Waals surface area contributed by atoms with Crippen LogP contribution in [0.15, 0.2) is 42.5 Å². The lowest BCUT2D eigenvalue weighted by molar-refractivity contribution is 0.0935. The summed E-state index contributed by atoms with van der Waals surface area (Å²) in [6.07, 6.45) is 3.14. The first kappa shape index (κ1) is 15.0. The molecule has 1 aliphatic heterocycles. The van der Waals surface area contributed by atoms with Crippen molar-refractivity contribution in [2.24, 2.45) is 5.92 Å². The lowest BCUT2D eigenvalue weighted by Crippen LogP contribution is -2.38. The Balaban J connectivity index is 1.52. The van der Waals surface area contributed by atoms with Gasteiger partial charge in [0, 0.05) is 4.88 Å². The number of thiophene rings is 1. The molecule has 0 fully saturated rings. The van der Waals surface area contributed by atoms with Crippen LogP contribution >= 0.6 is 11.3 Å². The first-order chi connectivity index (χ1) is 12.2. The number of anilines is 1. The van der Waals surface area contributed by atoms with Gasteiger partial charge >= 0.3 is 0 Å². The van der Waals surface area contributed by atoms with E-state index in [1.54, 1.807) is 11.3 Å². The number of nitrogens with one attached hydrogen (secondary N) is 2. The summed E-state index contributed by atoms with van der Waals surface area (Å²) in [5.74, 6) is 0.783. The van der Waals surface area contributed by atoms with E-state index in [1.165, 1.54) is 27.6 Å². The molecule has 2 aliphatic rings. The van der Waals surface area contributed by atoms with E-state index in [0.717, 1.165) is 29.0 Å². The molecule has 1 amide bonds. The Bertz CT molecular complexity index is 991. The van der Waals surface area contributed by atoms with Crippen LogP contribution in [0.1, 0.15) is 45.9 Å². The third-order valence-corrected chi connectivity index (χ3v) is 6.58. The Labute approximate surface area is 151 Å². The number of amides is 1. The van der Waals surface area contributed by atoms with E-state index < -0.39 is 0 Å². The zero-order valence-electron chi connectivity index (χ0n) is 14.1. The van der Waals surface area contributed by atoms with Crippen molar-refractivity contribution in [3.63, 3.8) is 0 Å². The number of rotatable bonds is 1. The Kier molecular flexibility index (Phi) is 3.35. The van der Waals surface area contributed by atoms with E-state index in [-0.39, 0.29) is 12.1 Å². The molecule has 25 heavy (non-hydrogen) atoms. The van der Waals surface area contributed by atoms with Crippen LogP contribution in [-0.4, -0.2) is 5.91 Å². The number of hydrogen-bond donors (Lipinski definition) is 2. The van der Waals surface area contributed by atoms with Crippen molar-refractivity contribution in [2.45, 2.75) is 32.4 Å². The first-order valence-corrected chi connectivity index (χ1v) is 9.71. The van der Waals surface area contributed by atoms with Gasteiger partial charge in [0.05, 0.1) is 5.56 Å². The molecular formula is C21H20N2OS. The zero-order valence-corrected chi connectivity index (χ0v) is 15.0. The molecule has 0 saturated heterocycles. The number of hydrogen-bond acceptors (Lipinski definition) is 3. The number of fused-ring (bicyclic) bond motifs is 4. The molecule has 2 heterocycles. The Morgan fingerprint density at radius 1 is 1.08 bits per heavy atom. The summed E-state index contributed by atoms with van der Waals surface area (Å²) >= 11 is 1.78. The van der Waals surface area contributed by atoms with Gasteiger partial charge in [-0.2, -0.15) is 0 Å². The van der Waals surface area contributed by atoms with E-state index in [0.29, 0.717) is 5.92 Å². The third-order valence-electron chi connectivity index (χ3n) is 5.40. The molecule has 4 heteroatoms. The van der Waals surface area contributed by atoms with Crippen molar-refractivity contribution in [3.05, 3.63) is 64.0 Å². The predicted molar refractivity (Wildman–Crippen MR) is 103 cm³/mol. The van der Waals surface area contributed by atoms with Crippen LogP contribution in [0.2, 0.25) is 0 Å². The van der Waals surface area contributed by atoms with Gasteiger partial charge in [-0.1, -0.05) is 43.3 Å². The van der Waals surface area contributed by atoms with E-state index in [9.17, 15) is 4.79 Å². The van der Waals surface area contributed by atoms with E-state index >= 15 is 0 Å². The maximum Gasteiger partial charge on any atom is 0.256 e. The van der Waals surface area contributed by atoms with Gasteiger partial charge in [-0.05, 0) is 53.1 Å². The molecule has 0 spiro atoms. The average Bonchev–Trinajstić information content (AvgIpc) is 2.99. The van der Waals surface area contributed by atoms with Gasteiger partial charge in [-0.15, -0.1) is 11.3 Å². The van der Waals surface area contributed by atoms with Crippen molar-refractivity contribution in [1.29, 1.82) is 0 Å². The van der Waals surface area contributed by atoms with Crippen molar-refractivity contribution in [2.75, 3.05) is 5.32 Å². The topological polar surface area (TPSA) is 41.1 Å². The molecule has 0 radical (unpaired) electrons. The number of benzene rings is 2. The Morgan fingerprint density at radius 3 is 2.80 bits per heavy atom. The molecule has 5 rings (SSSR count). The normalized spacial score (nSPS) is 22.0. The quantitative estimate of drug-likeness (QED) is 0.658. The number of carbonyl (C=O) groups is 1. The van der Waals surface area contributed by atoms with Crippen molar-refractivity contribution >= 4 is 33.0 Å². The van der Waals surface area contributed by atoms with Crippen LogP contribution in [-0.2, 0) is 12.8 Å². The fourth-order valence-corrected chi connectivity index (χ4v) is 5.45. The highest BCUT2D eigenvalue weighted by Crippen LogP contribution is 2.42. The van der Waals surface area contributed by atoms with Crippen LogP contribution in [0.4, 0.5) is 5.00 Å². The largest absolute Gasteiger partial charge is 0.353 e. The summed E-state index contributed by atoms with van der Waals surface area (Å²) in [5.41, 5.74) is 3.27. The summed E-state index contributed by atoms with van der Waals surface area (Å²) in [6, 6.07) is 14.7. The van der Waals surface area contributed by atoms with Gasteiger partial charge in [0.15, 0.2) is 0 Å². The second-order valence-electron chi connectivity index (χ2n) is 7.21. The second-order valence-corrected chi connectivity index (χ2v) is 8.32. The van der Waals surface area contributed by atoms with Crippen LogP contribution in [0.3, 0.4) is 0 Å². The molecule has 2 N–H and O–H groups in total. The minimum absolute atomic E-state index is 0.0685. The van der Waals surface area contributed by atoms with E-state index in [1.807, 2.05) is 12.1 Å². The molecule has 0 bridgehead atoms. The fraction of sp³-hybridized carbons (Fsp3) is 0.286. The van der Waals surface area contributed by atoms with E-state index in [2.05, 4.69) is 47.9 Å². The number of carbonyl (C=O) groups excluding carboxylic acids is 1. The molecule has 1 aliphatic carbocycles. The SMILES string of the molecule is C[C@@H]1CCc2c(sc3c2C(=O)N[C@H](c2ccc4ccccc4c2)N3)C1. The fourth-order valence-electron chi connectivity index (χ4n) is 4.02. The van der Waals surface area contributed by atoms with Crippen molar-refractivity contribution < 1.29 is 4.79 Å². The second kappa shape index (κ2) is 5.60. The molecule has 1 aromatic heterocycles. The van der Waals surface area contributed by atoms with Crippen LogP contribution < -0.4 is 10.6 Å². The van der Waals surface area contributed by atoms with Gasteiger partial charge in [0.25, 0.3) is 5.91 Å². The predicted octanol–water partition coefficient (Wildman–Crippen LogP) is 4.88. The molecular weight excluding hydrogens is 328 g/mol. The van der Waals surface area contributed by atoms with Crippen LogP contribution in [0, 0.1) is 5.92 Å². The smallest absolute Gasteiger partial charge is 0.256 e. The summed E-state index contributed by atoms with van der Waals surface area (Å²) in [5, 5.41) is 10.2. The average molecular weight is 348 g/mol. The monoisotopic (exact) mass is 348 g/mol. The Morgan fingerprint density at radius 2 is 1.92 bits per heavy atom. The highest BCUT2D eigenvalue weighted by Gasteiger charge is 2.33.